The zero-order chi connectivity index (χ0) is 13.1. The van der Waals surface area contributed by atoms with Gasteiger partial charge in [-0.2, -0.15) is 5.21 Å². The van der Waals surface area contributed by atoms with E-state index in [4.69, 9.17) is 11.6 Å². The Bertz CT molecular complexity index is 559. The number of halogens is 2. The third kappa shape index (κ3) is 2.85. The van der Waals surface area contributed by atoms with Crippen molar-refractivity contribution in [3.8, 4) is 0 Å². The number of hydrogen-bond donors (Lipinski definition) is 2. The van der Waals surface area contributed by atoms with Crippen molar-refractivity contribution in [1.29, 1.82) is 0 Å². The van der Waals surface area contributed by atoms with E-state index in [1.54, 1.807) is 25.1 Å². The van der Waals surface area contributed by atoms with Crippen LogP contribution in [0.25, 0.3) is 0 Å². The Morgan fingerprint density at radius 2 is 2.33 bits per heavy atom. The van der Waals surface area contributed by atoms with E-state index in [1.807, 2.05) is 0 Å². The molecule has 0 radical (unpaired) electrons. The normalized spacial score (nSPS) is 12.2. The van der Waals surface area contributed by atoms with Crippen LogP contribution in [-0.4, -0.2) is 26.5 Å². The molecule has 0 fully saturated rings. The van der Waals surface area contributed by atoms with Gasteiger partial charge in [0.05, 0.1) is 16.6 Å². The molecule has 2 rings (SSSR count). The first-order valence-corrected chi connectivity index (χ1v) is 6.24. The van der Waals surface area contributed by atoms with E-state index in [9.17, 15) is 4.79 Å². The average molecular weight is 331 g/mol. The number of nitrogens with zero attached hydrogens (tertiary/aromatic N) is 3. The number of amides is 1. The van der Waals surface area contributed by atoms with Crippen LogP contribution in [0.3, 0.4) is 0 Å². The van der Waals surface area contributed by atoms with E-state index >= 15 is 0 Å². The van der Waals surface area contributed by atoms with Gasteiger partial charge in [0.1, 0.15) is 0 Å². The second-order valence-electron chi connectivity index (χ2n) is 3.59. The smallest absolute Gasteiger partial charge is 0.253 e. The molecule has 0 saturated carbocycles. The number of benzene rings is 1. The number of aromatic amines is 1. The molecule has 1 amide bonds. The van der Waals surface area contributed by atoms with Crippen LogP contribution in [0.15, 0.2) is 22.7 Å². The van der Waals surface area contributed by atoms with Crippen molar-refractivity contribution >= 4 is 33.4 Å². The quantitative estimate of drug-likeness (QED) is 0.903. The second-order valence-corrected chi connectivity index (χ2v) is 4.91. The average Bonchev–Trinajstić information content (AvgIpc) is 2.81. The van der Waals surface area contributed by atoms with Crippen molar-refractivity contribution in [1.82, 2.24) is 25.9 Å². The molecule has 0 aliphatic heterocycles. The highest BCUT2D eigenvalue weighted by molar-refractivity contribution is 9.10. The fraction of sp³-hybridized carbons (Fsp3) is 0.200. The minimum atomic E-state index is -0.351. The molecule has 0 aliphatic carbocycles. The van der Waals surface area contributed by atoms with Gasteiger partial charge in [-0.05, 0) is 25.1 Å². The number of hydrogen-bond acceptors (Lipinski definition) is 4. The number of carbonyl (C=O) groups is 1. The summed E-state index contributed by atoms with van der Waals surface area (Å²) >= 11 is 9.27. The Kier molecular flexibility index (Phi) is 3.93. The summed E-state index contributed by atoms with van der Waals surface area (Å²) in [4.78, 5) is 12.0. The lowest BCUT2D eigenvalue weighted by atomic mass is 10.2. The van der Waals surface area contributed by atoms with Crippen LogP contribution in [0, 0.1) is 0 Å². The van der Waals surface area contributed by atoms with Crippen LogP contribution >= 0.6 is 27.5 Å². The van der Waals surface area contributed by atoms with E-state index in [0.29, 0.717) is 16.4 Å². The van der Waals surface area contributed by atoms with Crippen LogP contribution in [0.1, 0.15) is 29.1 Å². The van der Waals surface area contributed by atoms with Crippen molar-refractivity contribution in [3.05, 3.63) is 39.1 Å². The number of aromatic nitrogens is 4. The molecule has 18 heavy (non-hydrogen) atoms. The molecule has 0 bridgehead atoms. The molecule has 0 aliphatic rings. The van der Waals surface area contributed by atoms with E-state index in [1.165, 1.54) is 0 Å². The van der Waals surface area contributed by atoms with Crippen molar-refractivity contribution in [2.75, 3.05) is 0 Å². The van der Waals surface area contributed by atoms with Crippen LogP contribution in [0.2, 0.25) is 5.02 Å². The summed E-state index contributed by atoms with van der Waals surface area (Å²) in [6, 6.07) is 4.70. The third-order valence-corrected chi connectivity index (χ3v) is 3.08. The van der Waals surface area contributed by atoms with Crippen molar-refractivity contribution in [2.24, 2.45) is 0 Å². The predicted molar refractivity (Wildman–Crippen MR) is 69.2 cm³/mol. The van der Waals surface area contributed by atoms with E-state index in [0.717, 1.165) is 4.47 Å². The Morgan fingerprint density at radius 3 is 2.94 bits per heavy atom. The lowest BCUT2D eigenvalue weighted by molar-refractivity contribution is 0.0938. The molecule has 0 saturated heterocycles. The first-order valence-electron chi connectivity index (χ1n) is 5.07. The molecule has 8 heteroatoms. The van der Waals surface area contributed by atoms with Gasteiger partial charge >= 0.3 is 0 Å². The van der Waals surface area contributed by atoms with Gasteiger partial charge in [-0.25, -0.2) is 0 Å². The molecular formula is C10H9BrClN5O. The molecule has 6 nitrogen and oxygen atoms in total. The molecule has 2 aromatic rings. The largest absolute Gasteiger partial charge is 0.342 e. The maximum absolute atomic E-state index is 12.0. The van der Waals surface area contributed by atoms with Gasteiger partial charge in [0, 0.05) is 4.47 Å². The summed E-state index contributed by atoms with van der Waals surface area (Å²) in [6.07, 6.45) is 0. The van der Waals surface area contributed by atoms with Gasteiger partial charge in [0.15, 0.2) is 5.82 Å². The molecule has 1 aromatic heterocycles. The third-order valence-electron chi connectivity index (χ3n) is 2.27. The lowest BCUT2D eigenvalue weighted by Crippen LogP contribution is -2.27. The highest BCUT2D eigenvalue weighted by atomic mass is 79.9. The van der Waals surface area contributed by atoms with Crippen LogP contribution < -0.4 is 5.32 Å². The minimum Gasteiger partial charge on any atom is -0.342 e. The van der Waals surface area contributed by atoms with Crippen molar-refractivity contribution in [2.45, 2.75) is 13.0 Å². The minimum absolute atomic E-state index is 0.287. The zero-order valence-corrected chi connectivity index (χ0v) is 11.7. The van der Waals surface area contributed by atoms with E-state index < -0.39 is 0 Å². The molecule has 0 spiro atoms. The Hall–Kier alpha value is -1.47. The molecule has 1 atom stereocenters. The van der Waals surface area contributed by atoms with Crippen molar-refractivity contribution in [3.63, 3.8) is 0 Å². The molecular weight excluding hydrogens is 322 g/mol. The van der Waals surface area contributed by atoms with Crippen LogP contribution in [-0.2, 0) is 0 Å². The summed E-state index contributed by atoms with van der Waals surface area (Å²) in [5.41, 5.74) is 0.398. The van der Waals surface area contributed by atoms with Gasteiger partial charge < -0.3 is 5.32 Å². The maximum atomic E-state index is 12.0. The van der Waals surface area contributed by atoms with Gasteiger partial charge in [-0.15, -0.1) is 10.2 Å². The Balaban J connectivity index is 2.12. The Labute approximate surface area is 116 Å². The van der Waals surface area contributed by atoms with Gasteiger partial charge in [-0.3, -0.25) is 4.79 Å². The van der Waals surface area contributed by atoms with Crippen molar-refractivity contribution < 1.29 is 4.79 Å². The molecule has 2 N–H and O–H groups in total. The number of H-pyrrole nitrogens is 1. The van der Waals surface area contributed by atoms with Gasteiger partial charge in [-0.1, -0.05) is 32.7 Å². The van der Waals surface area contributed by atoms with Crippen LogP contribution in [0.5, 0.6) is 0 Å². The second kappa shape index (κ2) is 5.45. The number of carbonyl (C=O) groups excluding carboxylic acids is 1. The van der Waals surface area contributed by atoms with Gasteiger partial charge in [0.2, 0.25) is 0 Å². The summed E-state index contributed by atoms with van der Waals surface area (Å²) in [6.45, 7) is 1.76. The number of rotatable bonds is 3. The molecule has 1 unspecified atom stereocenters. The van der Waals surface area contributed by atoms with Crippen LogP contribution in [0.4, 0.5) is 0 Å². The highest BCUT2D eigenvalue weighted by Crippen LogP contribution is 2.21. The predicted octanol–water partition coefficient (Wildman–Crippen LogP) is 2.11. The van der Waals surface area contributed by atoms with E-state index in [-0.39, 0.29) is 11.9 Å². The summed E-state index contributed by atoms with van der Waals surface area (Å²) in [7, 11) is 0. The highest BCUT2D eigenvalue weighted by Gasteiger charge is 2.16. The zero-order valence-electron chi connectivity index (χ0n) is 9.32. The first-order chi connectivity index (χ1) is 8.58. The summed E-state index contributed by atoms with van der Waals surface area (Å²) in [5, 5.41) is 16.5. The van der Waals surface area contributed by atoms with E-state index in [2.05, 4.69) is 41.9 Å². The fourth-order valence-electron chi connectivity index (χ4n) is 1.37. The maximum Gasteiger partial charge on any atom is 0.253 e. The standard InChI is InChI=1S/C10H9BrClN5O/c1-5(9-14-16-17-15-9)13-10(18)7-3-2-6(11)4-8(7)12/h2-5H,1H3,(H,13,18)(H,14,15,16,17). The monoisotopic (exact) mass is 329 g/mol. The Morgan fingerprint density at radius 1 is 1.56 bits per heavy atom. The summed E-state index contributed by atoms with van der Waals surface area (Å²) in [5.74, 6) is 0.126. The van der Waals surface area contributed by atoms with Gasteiger partial charge in [0.25, 0.3) is 5.91 Å². The lowest BCUT2D eigenvalue weighted by Gasteiger charge is -2.11. The SMILES string of the molecule is CC(NC(=O)c1ccc(Br)cc1Cl)c1nn[nH]n1. The fourth-order valence-corrected chi connectivity index (χ4v) is 2.12. The molecule has 1 aromatic carbocycles. The molecule has 1 heterocycles. The number of tetrazole rings is 1. The molecule has 94 valence electrons. The topological polar surface area (TPSA) is 83.6 Å². The summed E-state index contributed by atoms with van der Waals surface area (Å²) < 4.78 is 0.815. The number of nitrogens with one attached hydrogen (secondary N) is 2. The first kappa shape index (κ1) is 13.0.